The highest BCUT2D eigenvalue weighted by molar-refractivity contribution is 6.42. The average molecular weight is 421 g/mol. The smallest absolute Gasteiger partial charge is 0.328 e. The molecule has 28 heavy (non-hydrogen) atoms. The van der Waals surface area contributed by atoms with E-state index in [0.717, 1.165) is 11.1 Å². The van der Waals surface area contributed by atoms with E-state index < -0.39 is 17.9 Å². The predicted octanol–water partition coefficient (Wildman–Crippen LogP) is 2.85. The first kappa shape index (κ1) is 20.2. The van der Waals surface area contributed by atoms with Gasteiger partial charge in [0.25, 0.3) is 5.91 Å². The van der Waals surface area contributed by atoms with Crippen molar-refractivity contribution in [3.05, 3.63) is 69.2 Å². The van der Waals surface area contributed by atoms with Gasteiger partial charge in [-0.05, 0) is 29.3 Å². The standard InChI is InChI=1S/C20H18Cl2N2O4/c1-28-20(27)17-9-12-4-2-3-5-14(12)11-24(17)18(25)10-23-19(26)13-6-7-15(21)16(22)8-13/h2-8,17H,9-11H2,1H3,(H,23,26). The largest absolute Gasteiger partial charge is 0.467 e. The molecule has 1 aliphatic rings. The van der Waals surface area contributed by atoms with Crippen LogP contribution in [0.4, 0.5) is 0 Å². The number of carbonyl (C=O) groups is 3. The fraction of sp³-hybridized carbons (Fsp3) is 0.250. The summed E-state index contributed by atoms with van der Waals surface area (Å²) in [5, 5.41) is 3.14. The molecule has 0 fully saturated rings. The number of nitrogens with one attached hydrogen (secondary N) is 1. The minimum atomic E-state index is -0.728. The molecule has 1 N–H and O–H groups in total. The second-order valence-electron chi connectivity index (χ2n) is 6.34. The van der Waals surface area contributed by atoms with Crippen molar-refractivity contribution < 1.29 is 19.1 Å². The van der Waals surface area contributed by atoms with E-state index in [0.29, 0.717) is 11.4 Å². The molecule has 146 valence electrons. The summed E-state index contributed by atoms with van der Waals surface area (Å²) in [4.78, 5) is 38.7. The molecule has 0 aromatic heterocycles. The third kappa shape index (κ3) is 4.29. The Kier molecular flexibility index (Phi) is 6.21. The van der Waals surface area contributed by atoms with Crippen LogP contribution in [0.1, 0.15) is 21.5 Å². The number of ether oxygens (including phenoxy) is 1. The van der Waals surface area contributed by atoms with E-state index in [2.05, 4.69) is 5.32 Å². The first-order valence-corrected chi connectivity index (χ1v) is 9.33. The molecule has 2 aromatic rings. The van der Waals surface area contributed by atoms with Crippen molar-refractivity contribution in [1.29, 1.82) is 0 Å². The molecule has 0 saturated heterocycles. The van der Waals surface area contributed by atoms with Crippen LogP contribution in [-0.2, 0) is 27.3 Å². The summed E-state index contributed by atoms with van der Waals surface area (Å²) in [5.41, 5.74) is 2.25. The van der Waals surface area contributed by atoms with Gasteiger partial charge in [0.2, 0.25) is 5.91 Å². The van der Waals surface area contributed by atoms with Gasteiger partial charge in [-0.15, -0.1) is 0 Å². The Hall–Kier alpha value is -2.57. The molecule has 0 radical (unpaired) electrons. The Morgan fingerprint density at radius 1 is 1.11 bits per heavy atom. The number of carbonyl (C=O) groups excluding carboxylic acids is 3. The first-order valence-electron chi connectivity index (χ1n) is 8.58. The van der Waals surface area contributed by atoms with Crippen LogP contribution in [0, 0.1) is 0 Å². The number of amides is 2. The number of hydrogen-bond acceptors (Lipinski definition) is 4. The Labute approximate surface area is 172 Å². The number of methoxy groups -OCH3 is 1. The van der Waals surface area contributed by atoms with Crippen LogP contribution < -0.4 is 5.32 Å². The molecule has 0 aliphatic carbocycles. The molecular weight excluding hydrogens is 403 g/mol. The molecule has 3 rings (SSSR count). The van der Waals surface area contributed by atoms with Crippen LogP contribution in [0.2, 0.25) is 10.0 Å². The zero-order valence-electron chi connectivity index (χ0n) is 15.1. The number of rotatable bonds is 4. The Bertz CT molecular complexity index is 932. The molecule has 8 heteroatoms. The second-order valence-corrected chi connectivity index (χ2v) is 7.16. The SMILES string of the molecule is COC(=O)C1Cc2ccccc2CN1C(=O)CNC(=O)c1ccc(Cl)c(Cl)c1. The highest BCUT2D eigenvalue weighted by Crippen LogP contribution is 2.24. The van der Waals surface area contributed by atoms with E-state index in [1.165, 1.54) is 30.2 Å². The Morgan fingerprint density at radius 2 is 1.82 bits per heavy atom. The molecule has 6 nitrogen and oxygen atoms in total. The molecule has 1 aliphatic heterocycles. The van der Waals surface area contributed by atoms with Gasteiger partial charge in [-0.1, -0.05) is 47.5 Å². The van der Waals surface area contributed by atoms with E-state index in [-0.39, 0.29) is 29.6 Å². The second kappa shape index (κ2) is 8.63. The van der Waals surface area contributed by atoms with Gasteiger partial charge in [-0.2, -0.15) is 0 Å². The lowest BCUT2D eigenvalue weighted by Crippen LogP contribution is -2.52. The van der Waals surface area contributed by atoms with E-state index in [4.69, 9.17) is 27.9 Å². The van der Waals surface area contributed by atoms with Crippen LogP contribution in [0.25, 0.3) is 0 Å². The van der Waals surface area contributed by atoms with Gasteiger partial charge in [-0.25, -0.2) is 4.79 Å². The molecule has 1 atom stereocenters. The average Bonchev–Trinajstić information content (AvgIpc) is 2.72. The summed E-state index contributed by atoms with van der Waals surface area (Å²) in [6, 6.07) is 11.3. The fourth-order valence-corrected chi connectivity index (χ4v) is 3.43. The minimum absolute atomic E-state index is 0.249. The summed E-state index contributed by atoms with van der Waals surface area (Å²) in [7, 11) is 1.29. The number of hydrogen-bond donors (Lipinski definition) is 1. The lowest BCUT2D eigenvalue weighted by atomic mass is 9.94. The van der Waals surface area contributed by atoms with Gasteiger partial charge in [0.15, 0.2) is 0 Å². The van der Waals surface area contributed by atoms with E-state index >= 15 is 0 Å². The normalized spacial score (nSPS) is 15.5. The van der Waals surface area contributed by atoms with Gasteiger partial charge in [0, 0.05) is 18.5 Å². The summed E-state index contributed by atoms with van der Waals surface area (Å²) in [6.45, 7) is 0.0200. The molecule has 0 saturated carbocycles. The maximum Gasteiger partial charge on any atom is 0.328 e. The summed E-state index contributed by atoms with van der Waals surface area (Å²) < 4.78 is 4.86. The molecule has 1 unspecified atom stereocenters. The zero-order valence-corrected chi connectivity index (χ0v) is 16.6. The van der Waals surface area contributed by atoms with Crippen molar-refractivity contribution >= 4 is 41.0 Å². The van der Waals surface area contributed by atoms with Crippen LogP contribution in [0.3, 0.4) is 0 Å². The molecule has 2 aromatic carbocycles. The van der Waals surface area contributed by atoms with Crippen molar-refractivity contribution in [2.24, 2.45) is 0 Å². The zero-order chi connectivity index (χ0) is 20.3. The molecule has 0 bridgehead atoms. The van der Waals surface area contributed by atoms with Crippen LogP contribution in [0.15, 0.2) is 42.5 Å². The van der Waals surface area contributed by atoms with Gasteiger partial charge >= 0.3 is 5.97 Å². The Balaban J connectivity index is 1.71. The number of halogens is 2. The van der Waals surface area contributed by atoms with Gasteiger partial charge in [0.1, 0.15) is 6.04 Å². The van der Waals surface area contributed by atoms with Crippen LogP contribution in [0.5, 0.6) is 0 Å². The van der Waals surface area contributed by atoms with E-state index in [1.807, 2.05) is 24.3 Å². The van der Waals surface area contributed by atoms with Crippen molar-refractivity contribution in [1.82, 2.24) is 10.2 Å². The topological polar surface area (TPSA) is 75.7 Å². The van der Waals surface area contributed by atoms with Crippen molar-refractivity contribution in [2.75, 3.05) is 13.7 Å². The van der Waals surface area contributed by atoms with Gasteiger partial charge in [0.05, 0.1) is 23.7 Å². The van der Waals surface area contributed by atoms with Gasteiger partial charge < -0.3 is 15.0 Å². The van der Waals surface area contributed by atoms with E-state index in [9.17, 15) is 14.4 Å². The summed E-state index contributed by atoms with van der Waals surface area (Å²) in [5.74, 6) is -1.32. The van der Waals surface area contributed by atoms with Crippen LogP contribution in [-0.4, -0.2) is 42.4 Å². The van der Waals surface area contributed by atoms with Crippen molar-refractivity contribution in [3.63, 3.8) is 0 Å². The van der Waals surface area contributed by atoms with Crippen LogP contribution >= 0.6 is 23.2 Å². The molecule has 0 spiro atoms. The quantitative estimate of drug-likeness (QED) is 0.771. The molecule has 2 amide bonds. The van der Waals surface area contributed by atoms with Crippen molar-refractivity contribution in [2.45, 2.75) is 19.0 Å². The lowest BCUT2D eigenvalue weighted by molar-refractivity contribution is -0.153. The van der Waals surface area contributed by atoms with Gasteiger partial charge in [-0.3, -0.25) is 9.59 Å². The fourth-order valence-electron chi connectivity index (χ4n) is 3.13. The first-order chi connectivity index (χ1) is 13.4. The molecular formula is C20H18Cl2N2O4. The number of nitrogens with zero attached hydrogens (tertiary/aromatic N) is 1. The molecule has 1 heterocycles. The van der Waals surface area contributed by atoms with E-state index in [1.54, 1.807) is 0 Å². The third-order valence-corrected chi connectivity index (χ3v) is 5.36. The maximum absolute atomic E-state index is 12.8. The predicted molar refractivity (Wildman–Crippen MR) is 105 cm³/mol. The maximum atomic E-state index is 12.8. The minimum Gasteiger partial charge on any atom is -0.467 e. The monoisotopic (exact) mass is 420 g/mol. The Morgan fingerprint density at radius 3 is 2.50 bits per heavy atom. The summed E-state index contributed by atoms with van der Waals surface area (Å²) in [6.07, 6.45) is 0.370. The van der Waals surface area contributed by atoms with Crippen molar-refractivity contribution in [3.8, 4) is 0 Å². The number of esters is 1. The third-order valence-electron chi connectivity index (χ3n) is 4.62. The lowest BCUT2D eigenvalue weighted by Gasteiger charge is -2.35. The number of fused-ring (bicyclic) bond motifs is 1. The highest BCUT2D eigenvalue weighted by Gasteiger charge is 2.35. The number of benzene rings is 2. The summed E-state index contributed by atoms with van der Waals surface area (Å²) >= 11 is 11.8. The highest BCUT2D eigenvalue weighted by atomic mass is 35.5.